The van der Waals surface area contributed by atoms with Gasteiger partial charge in [0.05, 0.1) is 12.0 Å². The number of hydrogen-bond donors (Lipinski definition) is 1. The summed E-state index contributed by atoms with van der Waals surface area (Å²) in [4.78, 5) is 31.8. The van der Waals surface area contributed by atoms with Crippen molar-refractivity contribution in [2.75, 3.05) is 16.8 Å². The summed E-state index contributed by atoms with van der Waals surface area (Å²) in [7, 11) is 0. The molecule has 1 aromatic carbocycles. The highest BCUT2D eigenvalue weighted by Crippen LogP contribution is 2.32. The van der Waals surface area contributed by atoms with Crippen molar-refractivity contribution < 1.29 is 9.59 Å². The predicted molar refractivity (Wildman–Crippen MR) is 103 cm³/mol. The molecule has 2 aromatic heterocycles. The van der Waals surface area contributed by atoms with Gasteiger partial charge in [-0.2, -0.15) is 0 Å². The maximum Gasteiger partial charge on any atom is 0.259 e. The fourth-order valence-corrected chi connectivity index (χ4v) is 3.79. The Bertz CT molecular complexity index is 939. The summed E-state index contributed by atoms with van der Waals surface area (Å²) in [5, 5.41) is 4.88. The summed E-state index contributed by atoms with van der Waals surface area (Å²) in [5.74, 6) is -0.130. The van der Waals surface area contributed by atoms with E-state index < -0.39 is 0 Å². The van der Waals surface area contributed by atoms with Crippen molar-refractivity contribution >= 4 is 34.5 Å². The number of pyridine rings is 1. The van der Waals surface area contributed by atoms with Crippen LogP contribution in [0, 0.1) is 0 Å². The Morgan fingerprint density at radius 3 is 2.88 bits per heavy atom. The minimum Gasteiger partial charge on any atom is -0.326 e. The zero-order valence-corrected chi connectivity index (χ0v) is 14.8. The molecule has 0 fully saturated rings. The van der Waals surface area contributed by atoms with Gasteiger partial charge in [0.15, 0.2) is 0 Å². The number of hydrogen-bond acceptors (Lipinski definition) is 4. The minimum atomic E-state index is -0.0705. The molecule has 0 atom stereocenters. The number of anilines is 2. The number of benzene rings is 1. The summed E-state index contributed by atoms with van der Waals surface area (Å²) in [5.41, 5.74) is 3.23. The number of thiophene rings is 1. The SMILES string of the molecule is O=C(Cc1cccs1)Nc1ccc2c(c1)N(C(=O)c1cccnc1)CC2. The van der Waals surface area contributed by atoms with Crippen LogP contribution in [0.3, 0.4) is 0 Å². The Hall–Kier alpha value is -2.99. The summed E-state index contributed by atoms with van der Waals surface area (Å²) in [6.07, 6.45) is 4.39. The number of amides is 2. The second-order valence-corrected chi connectivity index (χ2v) is 7.13. The molecule has 26 heavy (non-hydrogen) atoms. The summed E-state index contributed by atoms with van der Waals surface area (Å²) in [6, 6.07) is 13.1. The molecule has 1 N–H and O–H groups in total. The molecule has 0 spiro atoms. The zero-order valence-electron chi connectivity index (χ0n) is 14.0. The maximum absolute atomic E-state index is 12.8. The number of aromatic nitrogens is 1. The van der Waals surface area contributed by atoms with E-state index in [2.05, 4.69) is 10.3 Å². The minimum absolute atomic E-state index is 0.0597. The van der Waals surface area contributed by atoms with Gasteiger partial charge in [0.25, 0.3) is 5.91 Å². The van der Waals surface area contributed by atoms with Gasteiger partial charge in [0.2, 0.25) is 5.91 Å². The van der Waals surface area contributed by atoms with Gasteiger partial charge >= 0.3 is 0 Å². The number of rotatable bonds is 4. The van der Waals surface area contributed by atoms with Crippen LogP contribution in [0.1, 0.15) is 20.8 Å². The highest BCUT2D eigenvalue weighted by molar-refractivity contribution is 7.10. The van der Waals surface area contributed by atoms with Crippen molar-refractivity contribution in [2.45, 2.75) is 12.8 Å². The van der Waals surface area contributed by atoms with Crippen LogP contribution in [-0.4, -0.2) is 23.3 Å². The molecule has 1 aliphatic heterocycles. The lowest BCUT2D eigenvalue weighted by molar-refractivity contribution is -0.115. The van der Waals surface area contributed by atoms with Crippen molar-refractivity contribution in [2.24, 2.45) is 0 Å². The molecule has 0 unspecified atom stereocenters. The number of nitrogens with zero attached hydrogens (tertiary/aromatic N) is 2. The van der Waals surface area contributed by atoms with Gasteiger partial charge in [0.1, 0.15) is 0 Å². The fraction of sp³-hybridized carbons (Fsp3) is 0.150. The van der Waals surface area contributed by atoms with E-state index in [0.717, 1.165) is 22.5 Å². The molecule has 0 radical (unpaired) electrons. The van der Waals surface area contributed by atoms with Gasteiger partial charge in [-0.1, -0.05) is 12.1 Å². The highest BCUT2D eigenvalue weighted by Gasteiger charge is 2.26. The molecule has 3 heterocycles. The van der Waals surface area contributed by atoms with Crippen molar-refractivity contribution in [1.82, 2.24) is 4.98 Å². The molecular weight excluding hydrogens is 346 g/mol. The zero-order chi connectivity index (χ0) is 17.9. The van der Waals surface area contributed by atoms with E-state index in [1.165, 1.54) is 0 Å². The Kier molecular flexibility index (Phi) is 4.50. The monoisotopic (exact) mass is 363 g/mol. The third-order valence-electron chi connectivity index (χ3n) is 4.33. The molecule has 0 bridgehead atoms. The lowest BCUT2D eigenvalue weighted by atomic mass is 10.1. The molecule has 0 saturated carbocycles. The number of carbonyl (C=O) groups excluding carboxylic acids is 2. The fourth-order valence-electron chi connectivity index (χ4n) is 3.09. The van der Waals surface area contributed by atoms with Crippen molar-refractivity contribution in [3.63, 3.8) is 0 Å². The molecule has 2 amide bonds. The van der Waals surface area contributed by atoms with Gasteiger partial charge in [-0.05, 0) is 47.7 Å². The van der Waals surface area contributed by atoms with Crippen LogP contribution in [0.5, 0.6) is 0 Å². The highest BCUT2D eigenvalue weighted by atomic mass is 32.1. The number of nitrogens with one attached hydrogen (secondary N) is 1. The molecule has 0 aliphatic carbocycles. The maximum atomic E-state index is 12.8. The smallest absolute Gasteiger partial charge is 0.259 e. The van der Waals surface area contributed by atoms with Gasteiger partial charge in [-0.3, -0.25) is 14.6 Å². The van der Waals surface area contributed by atoms with E-state index >= 15 is 0 Å². The van der Waals surface area contributed by atoms with Crippen LogP contribution in [0.4, 0.5) is 11.4 Å². The van der Waals surface area contributed by atoms with Crippen LogP contribution in [0.2, 0.25) is 0 Å². The summed E-state index contributed by atoms with van der Waals surface area (Å²) < 4.78 is 0. The Morgan fingerprint density at radius 1 is 1.19 bits per heavy atom. The average Bonchev–Trinajstić information content (AvgIpc) is 3.31. The van der Waals surface area contributed by atoms with E-state index in [-0.39, 0.29) is 11.8 Å². The Labute approximate surface area is 155 Å². The number of carbonyl (C=O) groups is 2. The summed E-state index contributed by atoms with van der Waals surface area (Å²) in [6.45, 7) is 0.635. The first-order valence-electron chi connectivity index (χ1n) is 8.38. The largest absolute Gasteiger partial charge is 0.326 e. The molecule has 1 aliphatic rings. The van der Waals surface area contributed by atoms with Gasteiger partial charge in [-0.15, -0.1) is 11.3 Å². The van der Waals surface area contributed by atoms with Crippen LogP contribution < -0.4 is 10.2 Å². The van der Waals surface area contributed by atoms with Gasteiger partial charge in [-0.25, -0.2) is 0 Å². The molecule has 0 saturated heterocycles. The lowest BCUT2D eigenvalue weighted by Crippen LogP contribution is -2.29. The lowest BCUT2D eigenvalue weighted by Gasteiger charge is -2.18. The van der Waals surface area contributed by atoms with Crippen molar-refractivity contribution in [3.05, 3.63) is 76.2 Å². The molecule has 130 valence electrons. The summed E-state index contributed by atoms with van der Waals surface area (Å²) >= 11 is 1.56. The standard InChI is InChI=1S/C20H17N3O2S/c24-19(12-17-4-2-10-26-17)22-16-6-5-14-7-9-23(18(14)11-16)20(25)15-3-1-8-21-13-15/h1-6,8,10-11,13H,7,9,12H2,(H,22,24). The second kappa shape index (κ2) is 7.09. The molecule has 6 heteroatoms. The first-order valence-corrected chi connectivity index (χ1v) is 9.26. The Morgan fingerprint density at radius 2 is 2.12 bits per heavy atom. The van der Waals surface area contributed by atoms with Crippen LogP contribution in [0.25, 0.3) is 0 Å². The topological polar surface area (TPSA) is 62.3 Å². The normalized spacial score (nSPS) is 12.7. The van der Waals surface area contributed by atoms with E-state index in [0.29, 0.717) is 24.2 Å². The quantitative estimate of drug-likeness (QED) is 0.771. The first-order chi connectivity index (χ1) is 12.7. The molecule has 3 aromatic rings. The van der Waals surface area contributed by atoms with Gasteiger partial charge in [0, 0.05) is 35.2 Å². The van der Waals surface area contributed by atoms with Crippen molar-refractivity contribution in [3.8, 4) is 0 Å². The van der Waals surface area contributed by atoms with E-state index in [9.17, 15) is 9.59 Å². The third-order valence-corrected chi connectivity index (χ3v) is 5.21. The van der Waals surface area contributed by atoms with E-state index in [1.54, 1.807) is 40.8 Å². The Balaban J connectivity index is 1.52. The molecule has 4 rings (SSSR count). The predicted octanol–water partition coefficient (Wildman–Crippen LogP) is 3.53. The van der Waals surface area contributed by atoms with Gasteiger partial charge < -0.3 is 10.2 Å². The first kappa shape index (κ1) is 16.5. The molecular formula is C20H17N3O2S. The molecule has 5 nitrogen and oxygen atoms in total. The third kappa shape index (κ3) is 3.36. The van der Waals surface area contributed by atoms with Crippen LogP contribution in [0.15, 0.2) is 60.2 Å². The van der Waals surface area contributed by atoms with Crippen LogP contribution >= 0.6 is 11.3 Å². The van der Waals surface area contributed by atoms with Crippen molar-refractivity contribution in [1.29, 1.82) is 0 Å². The average molecular weight is 363 g/mol. The second-order valence-electron chi connectivity index (χ2n) is 6.10. The number of fused-ring (bicyclic) bond motifs is 1. The van der Waals surface area contributed by atoms with E-state index in [1.807, 2.05) is 35.7 Å². The van der Waals surface area contributed by atoms with Crippen LogP contribution in [-0.2, 0) is 17.6 Å². The van der Waals surface area contributed by atoms with E-state index in [4.69, 9.17) is 0 Å².